The van der Waals surface area contributed by atoms with Gasteiger partial charge in [-0.25, -0.2) is 4.98 Å². The van der Waals surface area contributed by atoms with Gasteiger partial charge in [0.25, 0.3) is 5.56 Å². The summed E-state index contributed by atoms with van der Waals surface area (Å²) in [6.07, 6.45) is 2.15. The lowest BCUT2D eigenvalue weighted by molar-refractivity contribution is -0.115. The lowest BCUT2D eigenvalue weighted by Gasteiger charge is -2.10. The Morgan fingerprint density at radius 1 is 1.06 bits per heavy atom. The number of hydrogen-bond donors (Lipinski definition) is 3. The van der Waals surface area contributed by atoms with Gasteiger partial charge in [0.1, 0.15) is 0 Å². The van der Waals surface area contributed by atoms with Crippen molar-refractivity contribution >= 4 is 34.3 Å². The van der Waals surface area contributed by atoms with Crippen molar-refractivity contribution in [2.45, 2.75) is 42.9 Å². The highest BCUT2D eigenvalue weighted by Gasteiger charge is 2.16. The molecule has 0 saturated heterocycles. The maximum atomic E-state index is 12.5. The van der Waals surface area contributed by atoms with Gasteiger partial charge in [-0.2, -0.15) is 0 Å². The number of aromatic amines is 2. The van der Waals surface area contributed by atoms with Crippen LogP contribution < -0.4 is 10.9 Å². The van der Waals surface area contributed by atoms with Gasteiger partial charge in [0.05, 0.1) is 16.8 Å². The summed E-state index contributed by atoms with van der Waals surface area (Å²) in [7, 11) is 0. The van der Waals surface area contributed by atoms with Crippen molar-refractivity contribution in [3.05, 3.63) is 70.6 Å². The lowest BCUT2D eigenvalue weighted by Crippen LogP contribution is -2.08. The lowest BCUT2D eigenvalue weighted by atomic mass is 10.1. The van der Waals surface area contributed by atoms with E-state index >= 15 is 0 Å². The number of benzene rings is 2. The molecule has 4 rings (SSSR count). The van der Waals surface area contributed by atoms with E-state index in [4.69, 9.17) is 4.98 Å². The molecular formula is C24H24N4O2S. The summed E-state index contributed by atoms with van der Waals surface area (Å²) in [6.45, 7) is 3.91. The molecule has 0 spiro atoms. The molecule has 31 heavy (non-hydrogen) atoms. The van der Waals surface area contributed by atoms with Gasteiger partial charge in [0, 0.05) is 33.0 Å². The molecule has 0 aliphatic carbocycles. The Bertz CT molecular complexity index is 1270. The first-order valence-electron chi connectivity index (χ1n) is 10.4. The highest BCUT2D eigenvalue weighted by molar-refractivity contribution is 7.99. The molecule has 2 aromatic heterocycles. The molecule has 6 nitrogen and oxygen atoms in total. The number of aryl methyl sites for hydroxylation is 1. The third-order valence-electron chi connectivity index (χ3n) is 4.98. The van der Waals surface area contributed by atoms with Crippen LogP contribution in [-0.4, -0.2) is 21.1 Å². The van der Waals surface area contributed by atoms with Gasteiger partial charge in [-0.1, -0.05) is 50.2 Å². The van der Waals surface area contributed by atoms with Crippen molar-refractivity contribution in [2.75, 3.05) is 5.32 Å². The zero-order chi connectivity index (χ0) is 21.8. The summed E-state index contributed by atoms with van der Waals surface area (Å²) in [5.74, 6) is -0.00946. The number of hydrogen-bond acceptors (Lipinski definition) is 4. The molecular weight excluding hydrogens is 408 g/mol. The van der Waals surface area contributed by atoms with Gasteiger partial charge in [0.2, 0.25) is 5.91 Å². The average molecular weight is 433 g/mol. The van der Waals surface area contributed by atoms with E-state index in [2.05, 4.69) is 22.4 Å². The summed E-state index contributed by atoms with van der Waals surface area (Å²) in [5, 5.41) is 9.60. The van der Waals surface area contributed by atoms with Crippen LogP contribution in [0.5, 0.6) is 0 Å². The highest BCUT2D eigenvalue weighted by Crippen LogP contribution is 2.36. The zero-order valence-electron chi connectivity index (χ0n) is 17.5. The van der Waals surface area contributed by atoms with Crippen molar-refractivity contribution in [3.63, 3.8) is 0 Å². The highest BCUT2D eigenvalue weighted by atomic mass is 32.2. The fourth-order valence-electron chi connectivity index (χ4n) is 3.44. The molecule has 3 N–H and O–H groups in total. The second-order valence-electron chi connectivity index (χ2n) is 7.23. The fraction of sp³-hybridized carbons (Fsp3) is 0.208. The number of anilines is 1. The molecule has 0 unspecified atom stereocenters. The minimum absolute atomic E-state index is 0.00946. The largest absolute Gasteiger partial charge is 0.326 e. The molecule has 2 heterocycles. The number of carbonyl (C=O) groups is 1. The van der Waals surface area contributed by atoms with Crippen LogP contribution in [0.4, 0.5) is 5.69 Å². The van der Waals surface area contributed by atoms with Gasteiger partial charge in [-0.05, 0) is 42.8 Å². The Morgan fingerprint density at radius 3 is 2.58 bits per heavy atom. The van der Waals surface area contributed by atoms with E-state index in [1.54, 1.807) is 11.8 Å². The third-order valence-corrected chi connectivity index (χ3v) is 6.04. The number of nitrogens with zero attached hydrogens (tertiary/aromatic N) is 1. The first kappa shape index (κ1) is 20.9. The molecule has 2 aromatic carbocycles. The topological polar surface area (TPSA) is 90.6 Å². The van der Waals surface area contributed by atoms with E-state index in [-0.39, 0.29) is 11.5 Å². The fourth-order valence-corrected chi connectivity index (χ4v) is 4.42. The number of rotatable bonds is 7. The quantitative estimate of drug-likeness (QED) is 0.366. The Hall–Kier alpha value is -3.32. The van der Waals surface area contributed by atoms with E-state index in [9.17, 15) is 9.59 Å². The van der Waals surface area contributed by atoms with Crippen LogP contribution in [0.15, 0.2) is 69.2 Å². The standard InChI is InChI=1S/C24H24N4O2S/c1-3-7-19-23(24(30)28-27-19)20-14-21(17-8-5-6-9-18(17)26-20)31-16-12-10-15(11-13-16)25-22(29)4-2/h5-6,8-14H,3-4,7H2,1-2H3,(H,25,29)(H2,27,28,30). The van der Waals surface area contributed by atoms with Gasteiger partial charge >= 0.3 is 0 Å². The summed E-state index contributed by atoms with van der Waals surface area (Å²) in [4.78, 5) is 30.9. The normalized spacial score (nSPS) is 11.0. The predicted octanol–water partition coefficient (Wildman–Crippen LogP) is 5.37. The molecule has 0 bridgehead atoms. The summed E-state index contributed by atoms with van der Waals surface area (Å²) in [6, 6.07) is 17.7. The SMILES string of the molecule is CCCc1[nH][nH]c(=O)c1-c1cc(Sc2ccc(NC(=O)CC)cc2)c2ccccc2n1. The number of pyridine rings is 1. The second-order valence-corrected chi connectivity index (χ2v) is 8.35. The molecule has 158 valence electrons. The van der Waals surface area contributed by atoms with Crippen LogP contribution in [0.2, 0.25) is 0 Å². The minimum atomic E-state index is -0.154. The Balaban J connectivity index is 1.73. The van der Waals surface area contributed by atoms with Gasteiger partial charge in [-0.3, -0.25) is 14.7 Å². The third kappa shape index (κ3) is 4.56. The summed E-state index contributed by atoms with van der Waals surface area (Å²) in [5.41, 5.74) is 3.61. The van der Waals surface area contributed by atoms with Crippen molar-refractivity contribution in [1.29, 1.82) is 0 Å². The van der Waals surface area contributed by atoms with Crippen molar-refractivity contribution < 1.29 is 4.79 Å². The van der Waals surface area contributed by atoms with E-state index in [0.29, 0.717) is 17.7 Å². The van der Waals surface area contributed by atoms with Crippen LogP contribution in [0.1, 0.15) is 32.4 Å². The van der Waals surface area contributed by atoms with E-state index in [1.165, 1.54) is 0 Å². The molecule has 0 saturated carbocycles. The molecule has 7 heteroatoms. The predicted molar refractivity (Wildman–Crippen MR) is 126 cm³/mol. The molecule has 0 aliphatic rings. The van der Waals surface area contributed by atoms with Crippen LogP contribution in [-0.2, 0) is 11.2 Å². The maximum Gasteiger partial charge on any atom is 0.273 e. The molecule has 0 aliphatic heterocycles. The first-order chi connectivity index (χ1) is 15.1. The summed E-state index contributed by atoms with van der Waals surface area (Å²) >= 11 is 1.61. The monoisotopic (exact) mass is 432 g/mol. The average Bonchev–Trinajstić information content (AvgIpc) is 3.15. The Kier molecular flexibility index (Phi) is 6.23. The zero-order valence-corrected chi connectivity index (χ0v) is 18.3. The summed E-state index contributed by atoms with van der Waals surface area (Å²) < 4.78 is 0. The molecule has 0 atom stereocenters. The first-order valence-corrected chi connectivity index (χ1v) is 11.2. The smallest absolute Gasteiger partial charge is 0.273 e. The number of carbonyl (C=O) groups excluding carboxylic acids is 1. The molecule has 0 radical (unpaired) electrons. The molecule has 0 fully saturated rings. The minimum Gasteiger partial charge on any atom is -0.326 e. The van der Waals surface area contributed by atoms with Crippen LogP contribution >= 0.6 is 11.8 Å². The van der Waals surface area contributed by atoms with Crippen LogP contribution in [0.25, 0.3) is 22.2 Å². The molecule has 1 amide bonds. The van der Waals surface area contributed by atoms with Crippen LogP contribution in [0.3, 0.4) is 0 Å². The van der Waals surface area contributed by atoms with Crippen LogP contribution in [0, 0.1) is 0 Å². The van der Waals surface area contributed by atoms with Crippen molar-refractivity contribution in [3.8, 4) is 11.3 Å². The van der Waals surface area contributed by atoms with Gasteiger partial charge in [0.15, 0.2) is 0 Å². The van der Waals surface area contributed by atoms with E-state index < -0.39 is 0 Å². The Labute approximate surface area is 184 Å². The van der Waals surface area contributed by atoms with E-state index in [1.807, 2.05) is 61.5 Å². The van der Waals surface area contributed by atoms with Gasteiger partial charge in [-0.15, -0.1) is 0 Å². The maximum absolute atomic E-state index is 12.5. The number of para-hydroxylation sites is 1. The number of H-pyrrole nitrogens is 2. The van der Waals surface area contributed by atoms with Crippen molar-refractivity contribution in [1.82, 2.24) is 15.2 Å². The molecule has 4 aromatic rings. The number of fused-ring (bicyclic) bond motifs is 1. The van der Waals surface area contributed by atoms with Crippen molar-refractivity contribution in [2.24, 2.45) is 0 Å². The van der Waals surface area contributed by atoms with E-state index in [0.717, 1.165) is 44.9 Å². The van der Waals surface area contributed by atoms with Gasteiger partial charge < -0.3 is 10.4 Å². The second kappa shape index (κ2) is 9.22. The number of amides is 1. The Morgan fingerprint density at radius 2 is 1.84 bits per heavy atom. The number of nitrogens with one attached hydrogen (secondary N) is 3. The number of aromatic nitrogens is 3.